The molecule has 0 aliphatic rings. The zero-order valence-electron chi connectivity index (χ0n) is 7.39. The molecule has 0 radical (unpaired) electrons. The Morgan fingerprint density at radius 3 is 2.55 bits per heavy atom. The van der Waals surface area contributed by atoms with Gasteiger partial charge in [0, 0.05) is 0 Å². The molecule has 0 bridgehead atoms. The van der Waals surface area contributed by atoms with Crippen molar-refractivity contribution in [3.8, 4) is 0 Å². The number of thiophene rings is 1. The Morgan fingerprint density at radius 1 is 1.18 bits per heavy atom. The highest BCUT2D eigenvalue weighted by molar-refractivity contribution is 7.08. The van der Waals surface area contributed by atoms with Crippen molar-refractivity contribution in [1.29, 1.82) is 0 Å². The molecule has 0 aliphatic carbocycles. The van der Waals surface area contributed by atoms with Crippen molar-refractivity contribution in [2.24, 2.45) is 0 Å². The van der Waals surface area contributed by atoms with Crippen molar-refractivity contribution < 1.29 is 0 Å². The van der Waals surface area contributed by atoms with E-state index in [-0.39, 0.29) is 0 Å². The van der Waals surface area contributed by atoms with Crippen LogP contribution in [0.3, 0.4) is 0 Å². The lowest BCUT2D eigenvalue weighted by atomic mass is 10.1. The van der Waals surface area contributed by atoms with Gasteiger partial charge in [-0.25, -0.2) is 0 Å². The van der Waals surface area contributed by atoms with Crippen LogP contribution in [0.4, 0.5) is 0 Å². The van der Waals surface area contributed by atoms with E-state index in [0.717, 1.165) is 0 Å². The minimum Gasteiger partial charge on any atom is -0.152 e. The Balaban J connectivity index is 2.54. The molecule has 0 nitrogen and oxygen atoms in total. The van der Waals surface area contributed by atoms with E-state index in [0.29, 0.717) is 0 Å². The monoisotopic (exact) mass is 168 g/mol. The van der Waals surface area contributed by atoms with Gasteiger partial charge in [0.1, 0.15) is 0 Å². The first-order chi connectivity index (χ1) is 5.38. The zero-order chi connectivity index (χ0) is 8.10. The van der Waals surface area contributed by atoms with Crippen LogP contribution >= 0.6 is 11.3 Å². The molecule has 1 aromatic heterocycles. The Hall–Kier alpha value is -0.300. The molecule has 1 aromatic rings. The van der Waals surface area contributed by atoms with E-state index >= 15 is 0 Å². The summed E-state index contributed by atoms with van der Waals surface area (Å²) in [5.74, 6) is 0. The molecular formula is C10H16S. The highest BCUT2D eigenvalue weighted by Crippen LogP contribution is 2.17. The van der Waals surface area contributed by atoms with E-state index in [1.54, 1.807) is 11.1 Å². The Bertz CT molecular complexity index is 200. The average molecular weight is 168 g/mol. The van der Waals surface area contributed by atoms with Gasteiger partial charge >= 0.3 is 0 Å². The minimum absolute atomic E-state index is 1.20. The predicted octanol–water partition coefficient (Wildman–Crippen LogP) is 3.65. The molecule has 0 unspecified atom stereocenters. The lowest BCUT2D eigenvalue weighted by Crippen LogP contribution is -1.86. The summed E-state index contributed by atoms with van der Waals surface area (Å²) in [5, 5.41) is 4.58. The van der Waals surface area contributed by atoms with Gasteiger partial charge in [-0.15, -0.1) is 0 Å². The fraction of sp³-hybridized carbons (Fsp3) is 0.600. The Morgan fingerprint density at radius 2 is 1.91 bits per heavy atom. The van der Waals surface area contributed by atoms with Gasteiger partial charge in [-0.1, -0.05) is 20.3 Å². The lowest BCUT2D eigenvalue weighted by Gasteiger charge is -1.98. The third-order valence-electron chi connectivity index (χ3n) is 2.01. The SMILES string of the molecule is CCCCc1cscc1CC. The van der Waals surface area contributed by atoms with Crippen molar-refractivity contribution >= 4 is 11.3 Å². The van der Waals surface area contributed by atoms with Crippen LogP contribution in [0.1, 0.15) is 37.8 Å². The smallest absolute Gasteiger partial charge is 0.00584 e. The summed E-state index contributed by atoms with van der Waals surface area (Å²) in [7, 11) is 0. The second kappa shape index (κ2) is 4.55. The molecule has 0 aliphatic heterocycles. The van der Waals surface area contributed by atoms with Gasteiger partial charge < -0.3 is 0 Å². The normalized spacial score (nSPS) is 10.4. The first-order valence-corrected chi connectivity index (χ1v) is 5.36. The number of hydrogen-bond donors (Lipinski definition) is 0. The van der Waals surface area contributed by atoms with Crippen LogP contribution in [0.25, 0.3) is 0 Å². The van der Waals surface area contributed by atoms with E-state index in [1.807, 2.05) is 11.3 Å². The Labute approximate surface area is 73.3 Å². The molecule has 1 rings (SSSR count). The van der Waals surface area contributed by atoms with E-state index in [9.17, 15) is 0 Å². The minimum atomic E-state index is 1.20. The second-order valence-electron chi connectivity index (χ2n) is 2.88. The van der Waals surface area contributed by atoms with E-state index in [1.165, 1.54) is 25.7 Å². The van der Waals surface area contributed by atoms with Crippen molar-refractivity contribution in [1.82, 2.24) is 0 Å². The van der Waals surface area contributed by atoms with Crippen LogP contribution in [0.2, 0.25) is 0 Å². The largest absolute Gasteiger partial charge is 0.152 e. The highest BCUT2D eigenvalue weighted by Gasteiger charge is 1.99. The van der Waals surface area contributed by atoms with Crippen LogP contribution in [0, 0.1) is 0 Å². The van der Waals surface area contributed by atoms with Crippen LogP contribution in [0.15, 0.2) is 10.8 Å². The van der Waals surface area contributed by atoms with Crippen molar-refractivity contribution in [2.75, 3.05) is 0 Å². The van der Waals surface area contributed by atoms with E-state index in [4.69, 9.17) is 0 Å². The summed E-state index contributed by atoms with van der Waals surface area (Å²) >= 11 is 1.84. The van der Waals surface area contributed by atoms with Crippen LogP contribution < -0.4 is 0 Å². The maximum atomic E-state index is 2.30. The average Bonchev–Trinajstić information content (AvgIpc) is 2.47. The second-order valence-corrected chi connectivity index (χ2v) is 3.62. The van der Waals surface area contributed by atoms with E-state index < -0.39 is 0 Å². The van der Waals surface area contributed by atoms with Crippen LogP contribution in [0.5, 0.6) is 0 Å². The molecule has 0 saturated carbocycles. The number of hydrogen-bond acceptors (Lipinski definition) is 1. The summed E-state index contributed by atoms with van der Waals surface area (Å²) in [6, 6.07) is 0. The standard InChI is InChI=1S/C10H16S/c1-3-5-6-10-8-11-7-9(10)4-2/h7-8H,3-6H2,1-2H3. The fourth-order valence-electron chi connectivity index (χ4n) is 1.25. The molecule has 1 heterocycles. The quantitative estimate of drug-likeness (QED) is 0.643. The van der Waals surface area contributed by atoms with Gasteiger partial charge in [-0.05, 0) is 41.1 Å². The number of aryl methyl sites for hydroxylation is 2. The van der Waals surface area contributed by atoms with Gasteiger partial charge in [0.2, 0.25) is 0 Å². The summed E-state index contributed by atoms with van der Waals surface area (Å²) in [6.45, 7) is 4.48. The van der Waals surface area contributed by atoms with Crippen molar-refractivity contribution in [3.63, 3.8) is 0 Å². The molecule has 0 N–H and O–H groups in total. The number of rotatable bonds is 4. The molecule has 0 fully saturated rings. The predicted molar refractivity (Wildman–Crippen MR) is 52.3 cm³/mol. The van der Waals surface area contributed by atoms with Crippen molar-refractivity contribution in [2.45, 2.75) is 39.5 Å². The third kappa shape index (κ3) is 2.33. The van der Waals surface area contributed by atoms with Crippen LogP contribution in [-0.4, -0.2) is 0 Å². The van der Waals surface area contributed by atoms with Gasteiger partial charge in [-0.3, -0.25) is 0 Å². The molecule has 11 heavy (non-hydrogen) atoms. The number of unbranched alkanes of at least 4 members (excludes halogenated alkanes) is 1. The molecule has 1 heteroatoms. The molecule has 0 atom stereocenters. The summed E-state index contributed by atoms with van der Waals surface area (Å²) < 4.78 is 0. The van der Waals surface area contributed by atoms with Gasteiger partial charge in [0.05, 0.1) is 0 Å². The molecule has 62 valence electrons. The van der Waals surface area contributed by atoms with Gasteiger partial charge in [0.15, 0.2) is 0 Å². The summed E-state index contributed by atoms with van der Waals surface area (Å²) in [5.41, 5.74) is 3.14. The lowest BCUT2D eigenvalue weighted by molar-refractivity contribution is 0.790. The summed E-state index contributed by atoms with van der Waals surface area (Å²) in [6.07, 6.45) is 5.12. The molecule has 0 aromatic carbocycles. The topological polar surface area (TPSA) is 0 Å². The maximum Gasteiger partial charge on any atom is -0.00584 e. The molecule has 0 saturated heterocycles. The summed E-state index contributed by atoms with van der Waals surface area (Å²) in [4.78, 5) is 0. The maximum absolute atomic E-state index is 2.30. The Kier molecular flexibility index (Phi) is 3.64. The fourth-order valence-corrected chi connectivity index (χ4v) is 2.23. The van der Waals surface area contributed by atoms with Gasteiger partial charge in [-0.2, -0.15) is 11.3 Å². The van der Waals surface area contributed by atoms with Crippen molar-refractivity contribution in [3.05, 3.63) is 21.9 Å². The first kappa shape index (κ1) is 8.79. The third-order valence-corrected chi connectivity index (χ3v) is 2.85. The highest BCUT2D eigenvalue weighted by atomic mass is 32.1. The molecule has 0 amide bonds. The first-order valence-electron chi connectivity index (χ1n) is 4.42. The van der Waals surface area contributed by atoms with Crippen LogP contribution in [-0.2, 0) is 12.8 Å². The molecule has 0 spiro atoms. The van der Waals surface area contributed by atoms with E-state index in [2.05, 4.69) is 24.6 Å². The molecular weight excluding hydrogens is 152 g/mol. The zero-order valence-corrected chi connectivity index (χ0v) is 8.21. The van der Waals surface area contributed by atoms with Gasteiger partial charge in [0.25, 0.3) is 0 Å².